The summed E-state index contributed by atoms with van der Waals surface area (Å²) in [5.74, 6) is 0. The molecule has 1 aliphatic rings. The summed E-state index contributed by atoms with van der Waals surface area (Å²) in [6, 6.07) is 0. The number of nitrogens with one attached hydrogen (secondary N) is 2. The molecule has 1 fully saturated rings. The summed E-state index contributed by atoms with van der Waals surface area (Å²) in [6.07, 6.45) is 4.23. The molecular weight excluding hydrogens is 268 g/mol. The van der Waals surface area contributed by atoms with Gasteiger partial charge in [-0.15, -0.1) is 37.2 Å². The molecule has 2 N–H and O–H groups in total. The van der Waals surface area contributed by atoms with E-state index in [9.17, 15) is 0 Å². The molecule has 0 atom stereocenters. The van der Waals surface area contributed by atoms with Gasteiger partial charge in [-0.25, -0.2) is 0 Å². The lowest BCUT2D eigenvalue weighted by Gasteiger charge is -2.26. The minimum absolute atomic E-state index is 0. The first kappa shape index (κ1) is 22.0. The van der Waals surface area contributed by atoms with Crippen LogP contribution in [0.25, 0.3) is 0 Å². The van der Waals surface area contributed by atoms with E-state index in [2.05, 4.69) is 15.5 Å². The van der Waals surface area contributed by atoms with Gasteiger partial charge in [-0.3, -0.25) is 0 Å². The van der Waals surface area contributed by atoms with Crippen LogP contribution >= 0.6 is 37.2 Å². The highest BCUT2D eigenvalue weighted by Crippen LogP contribution is 2.06. The Labute approximate surface area is 118 Å². The standard InChI is InChI=1S/C10H23N3.3ClH/c1-11-5-6-12-7-10-13-8-3-2-4-9-13;;;/h11-12H,2-10H2,1H3;3*1H. The van der Waals surface area contributed by atoms with E-state index in [0.29, 0.717) is 0 Å². The molecule has 1 saturated heterocycles. The molecule has 3 nitrogen and oxygen atoms in total. The van der Waals surface area contributed by atoms with Gasteiger partial charge in [-0.2, -0.15) is 0 Å². The molecule has 0 amide bonds. The van der Waals surface area contributed by atoms with Crippen molar-refractivity contribution in [1.29, 1.82) is 0 Å². The van der Waals surface area contributed by atoms with Crippen molar-refractivity contribution in [3.8, 4) is 0 Å². The first-order valence-electron chi connectivity index (χ1n) is 5.51. The van der Waals surface area contributed by atoms with Crippen molar-refractivity contribution in [1.82, 2.24) is 15.5 Å². The second-order valence-corrected chi connectivity index (χ2v) is 3.76. The van der Waals surface area contributed by atoms with Gasteiger partial charge in [0.15, 0.2) is 0 Å². The number of hydrogen-bond donors (Lipinski definition) is 2. The van der Waals surface area contributed by atoms with Crippen LogP contribution in [0.1, 0.15) is 19.3 Å². The van der Waals surface area contributed by atoms with Gasteiger partial charge >= 0.3 is 0 Å². The SMILES string of the molecule is CNCCNCCN1CCCCC1.Cl.Cl.Cl. The first-order valence-corrected chi connectivity index (χ1v) is 5.51. The van der Waals surface area contributed by atoms with Gasteiger partial charge < -0.3 is 15.5 Å². The van der Waals surface area contributed by atoms with Crippen molar-refractivity contribution >= 4 is 37.2 Å². The Morgan fingerprint density at radius 2 is 1.50 bits per heavy atom. The van der Waals surface area contributed by atoms with E-state index in [4.69, 9.17) is 0 Å². The summed E-state index contributed by atoms with van der Waals surface area (Å²) >= 11 is 0. The highest BCUT2D eigenvalue weighted by Gasteiger charge is 2.08. The van der Waals surface area contributed by atoms with Gasteiger partial charge in [0.25, 0.3) is 0 Å². The number of piperidine rings is 1. The third kappa shape index (κ3) is 11.2. The Hall–Kier alpha value is 0.750. The lowest BCUT2D eigenvalue weighted by Crippen LogP contribution is -2.37. The minimum Gasteiger partial charge on any atom is -0.318 e. The van der Waals surface area contributed by atoms with E-state index < -0.39 is 0 Å². The van der Waals surface area contributed by atoms with E-state index in [1.54, 1.807) is 0 Å². The molecule has 0 aromatic heterocycles. The second-order valence-electron chi connectivity index (χ2n) is 3.76. The summed E-state index contributed by atoms with van der Waals surface area (Å²) in [5, 5.41) is 6.56. The number of likely N-dealkylation sites (tertiary alicyclic amines) is 1. The molecule has 0 bridgehead atoms. The molecule has 0 unspecified atom stereocenters. The van der Waals surface area contributed by atoms with Crippen LogP contribution in [-0.4, -0.2) is 51.2 Å². The third-order valence-corrected chi connectivity index (χ3v) is 2.61. The van der Waals surface area contributed by atoms with Gasteiger partial charge in [0.2, 0.25) is 0 Å². The lowest BCUT2D eigenvalue weighted by molar-refractivity contribution is 0.229. The number of rotatable bonds is 6. The number of likely N-dealkylation sites (N-methyl/N-ethyl adjacent to an activating group) is 1. The quantitative estimate of drug-likeness (QED) is 0.728. The van der Waals surface area contributed by atoms with E-state index in [0.717, 1.165) is 19.6 Å². The monoisotopic (exact) mass is 293 g/mol. The van der Waals surface area contributed by atoms with E-state index in [-0.39, 0.29) is 37.2 Å². The van der Waals surface area contributed by atoms with Gasteiger partial charge in [-0.1, -0.05) is 6.42 Å². The molecule has 1 rings (SSSR count). The van der Waals surface area contributed by atoms with Gasteiger partial charge in [0, 0.05) is 26.2 Å². The zero-order valence-corrected chi connectivity index (χ0v) is 12.5. The van der Waals surface area contributed by atoms with Gasteiger partial charge in [-0.05, 0) is 33.0 Å². The summed E-state index contributed by atoms with van der Waals surface area (Å²) in [7, 11) is 1.99. The normalized spacial score (nSPS) is 15.6. The van der Waals surface area contributed by atoms with Crippen molar-refractivity contribution in [2.45, 2.75) is 19.3 Å². The molecule has 0 aliphatic carbocycles. The zero-order valence-electron chi connectivity index (χ0n) is 10.0. The van der Waals surface area contributed by atoms with Crippen molar-refractivity contribution in [2.75, 3.05) is 46.3 Å². The summed E-state index contributed by atoms with van der Waals surface area (Å²) in [4.78, 5) is 2.57. The second kappa shape index (κ2) is 15.8. The average molecular weight is 295 g/mol. The van der Waals surface area contributed by atoms with Crippen LogP contribution in [0.3, 0.4) is 0 Å². The van der Waals surface area contributed by atoms with Crippen molar-refractivity contribution in [3.63, 3.8) is 0 Å². The van der Waals surface area contributed by atoms with Crippen LogP contribution in [0.2, 0.25) is 0 Å². The van der Waals surface area contributed by atoms with Crippen molar-refractivity contribution < 1.29 is 0 Å². The number of halogens is 3. The van der Waals surface area contributed by atoms with Crippen LogP contribution in [-0.2, 0) is 0 Å². The van der Waals surface area contributed by atoms with Crippen molar-refractivity contribution in [2.24, 2.45) is 0 Å². The molecule has 0 aromatic rings. The lowest BCUT2D eigenvalue weighted by atomic mass is 10.1. The molecule has 102 valence electrons. The molecule has 1 aliphatic heterocycles. The fourth-order valence-corrected chi connectivity index (χ4v) is 1.76. The van der Waals surface area contributed by atoms with Gasteiger partial charge in [0.05, 0.1) is 0 Å². The van der Waals surface area contributed by atoms with Crippen molar-refractivity contribution in [3.05, 3.63) is 0 Å². The topological polar surface area (TPSA) is 27.3 Å². The average Bonchev–Trinajstić information content (AvgIpc) is 2.19. The van der Waals surface area contributed by atoms with Gasteiger partial charge in [0.1, 0.15) is 0 Å². The largest absolute Gasteiger partial charge is 0.318 e. The van der Waals surface area contributed by atoms with E-state index in [1.807, 2.05) is 7.05 Å². The predicted octanol–water partition coefficient (Wildman–Crippen LogP) is 1.55. The zero-order chi connectivity index (χ0) is 9.36. The Morgan fingerprint density at radius 3 is 2.06 bits per heavy atom. The summed E-state index contributed by atoms with van der Waals surface area (Å²) in [6.45, 7) is 7.15. The minimum atomic E-state index is 0. The maximum absolute atomic E-state index is 3.43. The van der Waals surface area contributed by atoms with E-state index in [1.165, 1.54) is 38.9 Å². The smallest absolute Gasteiger partial charge is 0.0107 e. The van der Waals surface area contributed by atoms with Crippen LogP contribution < -0.4 is 10.6 Å². The molecule has 0 saturated carbocycles. The molecule has 1 heterocycles. The third-order valence-electron chi connectivity index (χ3n) is 2.61. The fraction of sp³-hybridized carbons (Fsp3) is 1.00. The Kier molecular flexibility index (Phi) is 21.6. The summed E-state index contributed by atoms with van der Waals surface area (Å²) < 4.78 is 0. The Balaban J connectivity index is -0.000000563. The fourth-order valence-electron chi connectivity index (χ4n) is 1.76. The molecule has 0 aromatic carbocycles. The molecule has 0 radical (unpaired) electrons. The van der Waals surface area contributed by atoms with Crippen LogP contribution in [0.5, 0.6) is 0 Å². The maximum atomic E-state index is 3.43. The molecule has 16 heavy (non-hydrogen) atoms. The van der Waals surface area contributed by atoms with Crippen LogP contribution in [0, 0.1) is 0 Å². The number of hydrogen-bond acceptors (Lipinski definition) is 3. The predicted molar refractivity (Wildman–Crippen MR) is 78.8 cm³/mol. The van der Waals surface area contributed by atoms with Crippen LogP contribution in [0.15, 0.2) is 0 Å². The maximum Gasteiger partial charge on any atom is 0.0107 e. The molecule has 0 spiro atoms. The van der Waals surface area contributed by atoms with Crippen LogP contribution in [0.4, 0.5) is 0 Å². The Morgan fingerprint density at radius 1 is 0.875 bits per heavy atom. The summed E-state index contributed by atoms with van der Waals surface area (Å²) in [5.41, 5.74) is 0. The Bertz CT molecular complexity index is 122. The molecular formula is C10H26Cl3N3. The van der Waals surface area contributed by atoms with E-state index >= 15 is 0 Å². The molecule has 6 heteroatoms. The first-order chi connectivity index (χ1) is 6.43. The number of nitrogens with zero attached hydrogens (tertiary/aromatic N) is 1. The highest BCUT2D eigenvalue weighted by atomic mass is 35.5. The highest BCUT2D eigenvalue weighted by molar-refractivity contribution is 5.86.